The second-order valence-electron chi connectivity index (χ2n) is 4.78. The molecule has 0 aliphatic carbocycles. The minimum Gasteiger partial charge on any atom is -0.466 e. The van der Waals surface area contributed by atoms with Crippen molar-refractivity contribution >= 4 is 5.97 Å². The van der Waals surface area contributed by atoms with E-state index in [2.05, 4.69) is 4.90 Å². The molecule has 0 N–H and O–H groups in total. The van der Waals surface area contributed by atoms with Gasteiger partial charge in [-0.15, -0.1) is 0 Å². The summed E-state index contributed by atoms with van der Waals surface area (Å²) >= 11 is 0. The Hall–Kier alpha value is -0.610. The van der Waals surface area contributed by atoms with E-state index in [4.69, 9.17) is 9.47 Å². The third-order valence-electron chi connectivity index (χ3n) is 3.19. The molecule has 1 aliphatic rings. The van der Waals surface area contributed by atoms with Crippen molar-refractivity contribution < 1.29 is 14.3 Å². The van der Waals surface area contributed by atoms with Crippen LogP contribution in [0.3, 0.4) is 0 Å². The van der Waals surface area contributed by atoms with Crippen molar-refractivity contribution in [2.45, 2.75) is 45.4 Å². The number of carbonyl (C=O) groups excluding carboxylic acids is 1. The topological polar surface area (TPSA) is 38.8 Å². The summed E-state index contributed by atoms with van der Waals surface area (Å²) in [4.78, 5) is 13.6. The van der Waals surface area contributed by atoms with Gasteiger partial charge in [0.2, 0.25) is 0 Å². The van der Waals surface area contributed by atoms with Crippen LogP contribution in [-0.4, -0.2) is 50.3 Å². The van der Waals surface area contributed by atoms with Crippen molar-refractivity contribution in [3.63, 3.8) is 0 Å². The van der Waals surface area contributed by atoms with E-state index in [1.807, 2.05) is 6.92 Å². The number of nitrogens with zero attached hydrogens (tertiary/aromatic N) is 1. The first-order valence-electron chi connectivity index (χ1n) is 7.28. The van der Waals surface area contributed by atoms with Gasteiger partial charge in [-0.3, -0.25) is 4.79 Å². The van der Waals surface area contributed by atoms with Gasteiger partial charge in [0.15, 0.2) is 0 Å². The number of piperidine rings is 1. The monoisotopic (exact) mass is 257 g/mol. The Bertz CT molecular complexity index is 215. The van der Waals surface area contributed by atoms with Crippen LogP contribution < -0.4 is 0 Å². The van der Waals surface area contributed by atoms with Crippen LogP contribution in [0.2, 0.25) is 0 Å². The van der Waals surface area contributed by atoms with Crippen LogP contribution in [0.25, 0.3) is 0 Å². The Labute approximate surface area is 111 Å². The number of hydrogen-bond donors (Lipinski definition) is 0. The van der Waals surface area contributed by atoms with Gasteiger partial charge in [0.05, 0.1) is 6.61 Å². The van der Waals surface area contributed by atoms with E-state index >= 15 is 0 Å². The molecule has 0 aromatic heterocycles. The second-order valence-corrected chi connectivity index (χ2v) is 4.78. The molecular weight excluding hydrogens is 230 g/mol. The minimum absolute atomic E-state index is 0.116. The predicted octanol–water partition coefficient (Wildman–Crippen LogP) is 2.22. The van der Waals surface area contributed by atoms with Crippen LogP contribution in [0.1, 0.15) is 45.4 Å². The first-order valence-corrected chi connectivity index (χ1v) is 7.28. The van der Waals surface area contributed by atoms with Gasteiger partial charge in [-0.2, -0.15) is 0 Å². The standard InChI is InChI=1S/C14H27NO3/c1-2-18-14(16)8-6-12-17-13-7-11-15-9-4-3-5-10-15/h2-13H2,1H3. The highest BCUT2D eigenvalue weighted by Crippen LogP contribution is 2.08. The number of rotatable bonds is 9. The van der Waals surface area contributed by atoms with Crippen LogP contribution >= 0.6 is 0 Å². The minimum atomic E-state index is -0.116. The largest absolute Gasteiger partial charge is 0.466 e. The Morgan fingerprint density at radius 1 is 1.11 bits per heavy atom. The first-order chi connectivity index (χ1) is 8.83. The van der Waals surface area contributed by atoms with Crippen LogP contribution in [0.15, 0.2) is 0 Å². The molecule has 4 nitrogen and oxygen atoms in total. The van der Waals surface area contributed by atoms with Crippen LogP contribution in [0.5, 0.6) is 0 Å². The highest BCUT2D eigenvalue weighted by atomic mass is 16.5. The predicted molar refractivity (Wildman–Crippen MR) is 71.6 cm³/mol. The number of ether oxygens (including phenoxy) is 2. The Kier molecular flexibility index (Phi) is 8.86. The fourth-order valence-corrected chi connectivity index (χ4v) is 2.23. The molecule has 0 aromatic carbocycles. The smallest absolute Gasteiger partial charge is 0.305 e. The molecule has 106 valence electrons. The fraction of sp³-hybridized carbons (Fsp3) is 0.929. The molecule has 1 aliphatic heterocycles. The summed E-state index contributed by atoms with van der Waals surface area (Å²) in [5.74, 6) is -0.116. The Morgan fingerprint density at radius 3 is 2.56 bits per heavy atom. The number of hydrogen-bond acceptors (Lipinski definition) is 4. The quantitative estimate of drug-likeness (QED) is 0.469. The van der Waals surface area contributed by atoms with Gasteiger partial charge in [-0.1, -0.05) is 6.42 Å². The first kappa shape index (κ1) is 15.4. The maximum atomic E-state index is 11.1. The van der Waals surface area contributed by atoms with E-state index in [1.54, 1.807) is 0 Å². The van der Waals surface area contributed by atoms with E-state index in [9.17, 15) is 4.79 Å². The van der Waals surface area contributed by atoms with Gasteiger partial charge >= 0.3 is 5.97 Å². The van der Waals surface area contributed by atoms with Gasteiger partial charge in [0.25, 0.3) is 0 Å². The molecule has 0 unspecified atom stereocenters. The number of esters is 1. The zero-order valence-electron chi connectivity index (χ0n) is 11.7. The molecule has 1 saturated heterocycles. The molecule has 1 fully saturated rings. The maximum absolute atomic E-state index is 11.1. The average molecular weight is 257 g/mol. The molecule has 1 heterocycles. The van der Waals surface area contributed by atoms with Crippen LogP contribution in [0, 0.1) is 0 Å². The van der Waals surface area contributed by atoms with Crippen molar-refractivity contribution in [3.8, 4) is 0 Å². The Morgan fingerprint density at radius 2 is 1.83 bits per heavy atom. The summed E-state index contributed by atoms with van der Waals surface area (Å²) in [5, 5.41) is 0. The van der Waals surface area contributed by atoms with E-state index < -0.39 is 0 Å². The van der Waals surface area contributed by atoms with Gasteiger partial charge in [-0.25, -0.2) is 0 Å². The van der Waals surface area contributed by atoms with Crippen molar-refractivity contribution in [2.75, 3.05) is 39.5 Å². The normalized spacial score (nSPS) is 16.7. The highest BCUT2D eigenvalue weighted by Gasteiger charge is 2.08. The lowest BCUT2D eigenvalue weighted by molar-refractivity contribution is -0.143. The lowest BCUT2D eigenvalue weighted by atomic mass is 10.1. The zero-order valence-corrected chi connectivity index (χ0v) is 11.7. The summed E-state index contributed by atoms with van der Waals surface area (Å²) in [6.07, 6.45) is 6.42. The molecule has 1 rings (SSSR count). The summed E-state index contributed by atoms with van der Waals surface area (Å²) in [5.41, 5.74) is 0. The molecule has 0 atom stereocenters. The molecule has 0 bridgehead atoms. The number of carbonyl (C=O) groups is 1. The molecule has 0 spiro atoms. The fourth-order valence-electron chi connectivity index (χ4n) is 2.23. The third-order valence-corrected chi connectivity index (χ3v) is 3.19. The van der Waals surface area contributed by atoms with Gasteiger partial charge in [0.1, 0.15) is 0 Å². The molecule has 0 radical (unpaired) electrons. The van der Waals surface area contributed by atoms with E-state index in [1.165, 1.54) is 32.4 Å². The van der Waals surface area contributed by atoms with Gasteiger partial charge in [-0.05, 0) is 45.7 Å². The number of likely N-dealkylation sites (tertiary alicyclic amines) is 1. The van der Waals surface area contributed by atoms with E-state index in [0.717, 1.165) is 26.0 Å². The Balaban J connectivity index is 1.82. The summed E-state index contributed by atoms with van der Waals surface area (Å²) < 4.78 is 10.4. The zero-order chi connectivity index (χ0) is 13.1. The second kappa shape index (κ2) is 10.3. The van der Waals surface area contributed by atoms with E-state index in [-0.39, 0.29) is 5.97 Å². The van der Waals surface area contributed by atoms with Crippen molar-refractivity contribution in [1.29, 1.82) is 0 Å². The van der Waals surface area contributed by atoms with Gasteiger partial charge < -0.3 is 14.4 Å². The lowest BCUT2D eigenvalue weighted by Gasteiger charge is -2.26. The molecular formula is C14H27NO3. The summed E-state index contributed by atoms with van der Waals surface area (Å²) in [6, 6.07) is 0. The van der Waals surface area contributed by atoms with Crippen molar-refractivity contribution in [1.82, 2.24) is 4.90 Å². The molecule has 4 heteroatoms. The summed E-state index contributed by atoms with van der Waals surface area (Å²) in [6.45, 7) is 7.42. The molecule has 18 heavy (non-hydrogen) atoms. The lowest BCUT2D eigenvalue weighted by Crippen LogP contribution is -2.31. The van der Waals surface area contributed by atoms with E-state index in [0.29, 0.717) is 19.6 Å². The van der Waals surface area contributed by atoms with Crippen LogP contribution in [-0.2, 0) is 14.3 Å². The molecule has 0 aromatic rings. The van der Waals surface area contributed by atoms with Crippen molar-refractivity contribution in [3.05, 3.63) is 0 Å². The highest BCUT2D eigenvalue weighted by molar-refractivity contribution is 5.69. The molecule has 0 saturated carbocycles. The van der Waals surface area contributed by atoms with Crippen LogP contribution in [0.4, 0.5) is 0 Å². The third kappa shape index (κ3) is 7.67. The molecule has 0 amide bonds. The van der Waals surface area contributed by atoms with Crippen molar-refractivity contribution in [2.24, 2.45) is 0 Å². The average Bonchev–Trinajstić information content (AvgIpc) is 2.39. The SMILES string of the molecule is CCOC(=O)CCCOCCCN1CCCCC1. The van der Waals surface area contributed by atoms with Gasteiger partial charge in [0, 0.05) is 26.2 Å². The summed E-state index contributed by atoms with van der Waals surface area (Å²) in [7, 11) is 0. The maximum Gasteiger partial charge on any atom is 0.305 e.